The van der Waals surface area contributed by atoms with Crippen molar-refractivity contribution in [3.8, 4) is 0 Å². The molecule has 0 fully saturated rings. The Kier molecular flexibility index (Phi) is 4.40. The van der Waals surface area contributed by atoms with E-state index in [0.29, 0.717) is 18.4 Å². The molecule has 7 nitrogen and oxygen atoms in total. The minimum Gasteiger partial charge on any atom is -0.340 e. The minimum atomic E-state index is 0.559. The lowest BCUT2D eigenvalue weighted by molar-refractivity contribution is 0.374. The molecule has 98 valence electrons. The van der Waals surface area contributed by atoms with E-state index in [1.54, 1.807) is 6.33 Å². The Hall–Kier alpha value is -1.76. The summed E-state index contributed by atoms with van der Waals surface area (Å²) in [7, 11) is 0. The summed E-state index contributed by atoms with van der Waals surface area (Å²) in [6.45, 7) is 6.68. The van der Waals surface area contributed by atoms with Crippen molar-refractivity contribution in [3.05, 3.63) is 24.4 Å². The third-order valence-corrected chi connectivity index (χ3v) is 2.44. The van der Waals surface area contributed by atoms with Crippen LogP contribution in [0.1, 0.15) is 25.6 Å². The van der Waals surface area contributed by atoms with Crippen LogP contribution < -0.4 is 5.32 Å². The van der Waals surface area contributed by atoms with E-state index in [2.05, 4.69) is 39.4 Å². The molecular formula is C11H18N6O. The van der Waals surface area contributed by atoms with Crippen LogP contribution in [0.2, 0.25) is 0 Å². The van der Waals surface area contributed by atoms with Crippen molar-refractivity contribution >= 4 is 0 Å². The number of hydrogen-bond donors (Lipinski definition) is 1. The van der Waals surface area contributed by atoms with Crippen molar-refractivity contribution in [1.29, 1.82) is 0 Å². The maximum absolute atomic E-state index is 4.91. The lowest BCUT2D eigenvalue weighted by Crippen LogP contribution is -2.21. The lowest BCUT2D eigenvalue weighted by atomic mass is 10.2. The zero-order chi connectivity index (χ0) is 12.8. The Labute approximate surface area is 106 Å². The van der Waals surface area contributed by atoms with E-state index in [1.165, 1.54) is 6.33 Å². The molecule has 0 radical (unpaired) electrons. The van der Waals surface area contributed by atoms with Gasteiger partial charge in [0.05, 0.1) is 6.54 Å². The molecule has 0 aliphatic heterocycles. The summed E-state index contributed by atoms with van der Waals surface area (Å²) < 4.78 is 6.85. The van der Waals surface area contributed by atoms with Crippen molar-refractivity contribution in [1.82, 2.24) is 30.2 Å². The summed E-state index contributed by atoms with van der Waals surface area (Å²) in [5.74, 6) is 2.16. The first kappa shape index (κ1) is 12.7. The maximum atomic E-state index is 4.91. The summed E-state index contributed by atoms with van der Waals surface area (Å²) in [6.07, 6.45) is 3.73. The molecule has 1 N–H and O–H groups in total. The average molecular weight is 250 g/mol. The van der Waals surface area contributed by atoms with Crippen LogP contribution in [0.4, 0.5) is 0 Å². The normalized spacial score (nSPS) is 11.3. The van der Waals surface area contributed by atoms with E-state index in [0.717, 1.165) is 25.3 Å². The van der Waals surface area contributed by atoms with Crippen LogP contribution in [0, 0.1) is 5.92 Å². The molecule has 2 aromatic heterocycles. The second-order valence-electron chi connectivity index (χ2n) is 4.51. The van der Waals surface area contributed by atoms with E-state index in [4.69, 9.17) is 4.52 Å². The van der Waals surface area contributed by atoms with Crippen molar-refractivity contribution < 1.29 is 4.52 Å². The molecule has 18 heavy (non-hydrogen) atoms. The molecule has 0 atom stereocenters. The summed E-state index contributed by atoms with van der Waals surface area (Å²) in [5.41, 5.74) is 0. The van der Waals surface area contributed by atoms with Crippen LogP contribution in [0.5, 0.6) is 0 Å². The molecule has 0 saturated carbocycles. The van der Waals surface area contributed by atoms with Crippen LogP contribution >= 0.6 is 0 Å². The number of rotatable bonds is 7. The van der Waals surface area contributed by atoms with Gasteiger partial charge in [-0.25, -0.2) is 9.67 Å². The summed E-state index contributed by atoms with van der Waals surface area (Å²) >= 11 is 0. The number of aromatic nitrogens is 5. The smallest absolute Gasteiger partial charge is 0.227 e. The topological polar surface area (TPSA) is 81.7 Å². The number of nitrogens with one attached hydrogen (secondary N) is 1. The van der Waals surface area contributed by atoms with E-state index >= 15 is 0 Å². The molecule has 0 aliphatic carbocycles. The molecule has 2 heterocycles. The molecule has 7 heteroatoms. The molecule has 2 rings (SSSR count). The van der Waals surface area contributed by atoms with Crippen LogP contribution in [0.3, 0.4) is 0 Å². The molecule has 2 aromatic rings. The third-order valence-electron chi connectivity index (χ3n) is 2.44. The molecule has 0 saturated heterocycles. The minimum absolute atomic E-state index is 0.559. The molecule has 0 aliphatic rings. The van der Waals surface area contributed by atoms with Gasteiger partial charge in [0.15, 0.2) is 6.33 Å². The van der Waals surface area contributed by atoms with Gasteiger partial charge in [-0.1, -0.05) is 19.0 Å². The molecule has 0 unspecified atom stereocenters. The Morgan fingerprint density at radius 2 is 2.22 bits per heavy atom. The highest BCUT2D eigenvalue weighted by Crippen LogP contribution is 2.01. The van der Waals surface area contributed by atoms with Gasteiger partial charge in [0, 0.05) is 19.5 Å². The van der Waals surface area contributed by atoms with Crippen molar-refractivity contribution in [3.63, 3.8) is 0 Å². The van der Waals surface area contributed by atoms with Gasteiger partial charge in [-0.15, -0.1) is 0 Å². The maximum Gasteiger partial charge on any atom is 0.227 e. The average Bonchev–Trinajstić information content (AvgIpc) is 2.95. The quantitative estimate of drug-likeness (QED) is 0.727. The van der Waals surface area contributed by atoms with Gasteiger partial charge in [0.25, 0.3) is 0 Å². The van der Waals surface area contributed by atoms with Gasteiger partial charge in [0.1, 0.15) is 12.2 Å². The number of hydrogen-bond acceptors (Lipinski definition) is 6. The van der Waals surface area contributed by atoms with Crippen molar-refractivity contribution in [2.45, 2.75) is 33.4 Å². The number of nitrogens with zero attached hydrogens (tertiary/aromatic N) is 5. The van der Waals surface area contributed by atoms with Crippen LogP contribution in [0.15, 0.2) is 17.2 Å². The summed E-state index contributed by atoms with van der Waals surface area (Å²) in [6, 6.07) is 0. The first-order valence-corrected chi connectivity index (χ1v) is 6.08. The fourth-order valence-corrected chi connectivity index (χ4v) is 1.63. The lowest BCUT2D eigenvalue weighted by Gasteiger charge is -2.08. The van der Waals surface area contributed by atoms with Gasteiger partial charge >= 0.3 is 0 Å². The fraction of sp³-hybridized carbons (Fsp3) is 0.636. The van der Waals surface area contributed by atoms with E-state index in [-0.39, 0.29) is 0 Å². The second kappa shape index (κ2) is 6.25. The van der Waals surface area contributed by atoms with Gasteiger partial charge in [-0.3, -0.25) is 0 Å². The highest BCUT2D eigenvalue weighted by Gasteiger charge is 2.06. The predicted octanol–water partition coefficient (Wildman–Crippen LogP) is 0.649. The highest BCUT2D eigenvalue weighted by atomic mass is 16.5. The largest absolute Gasteiger partial charge is 0.340 e. The van der Waals surface area contributed by atoms with Crippen molar-refractivity contribution in [2.24, 2.45) is 5.92 Å². The van der Waals surface area contributed by atoms with E-state index in [9.17, 15) is 0 Å². The Morgan fingerprint density at radius 3 is 2.94 bits per heavy atom. The van der Waals surface area contributed by atoms with E-state index < -0.39 is 0 Å². The van der Waals surface area contributed by atoms with Crippen LogP contribution in [-0.4, -0.2) is 31.4 Å². The zero-order valence-corrected chi connectivity index (χ0v) is 10.7. The Bertz CT molecular complexity index is 450. The van der Waals surface area contributed by atoms with E-state index in [1.807, 2.05) is 4.68 Å². The molecule has 0 amide bonds. The van der Waals surface area contributed by atoms with Crippen LogP contribution in [0.25, 0.3) is 0 Å². The van der Waals surface area contributed by atoms with Gasteiger partial charge in [-0.05, 0) is 5.92 Å². The highest BCUT2D eigenvalue weighted by molar-refractivity contribution is 4.84. The van der Waals surface area contributed by atoms with Crippen LogP contribution in [-0.2, 0) is 19.5 Å². The van der Waals surface area contributed by atoms with Gasteiger partial charge in [-0.2, -0.15) is 10.1 Å². The second-order valence-corrected chi connectivity index (χ2v) is 4.51. The first-order valence-electron chi connectivity index (χ1n) is 6.08. The molecule has 0 spiro atoms. The summed E-state index contributed by atoms with van der Waals surface area (Å²) in [4.78, 5) is 8.20. The van der Waals surface area contributed by atoms with Gasteiger partial charge in [0.2, 0.25) is 5.89 Å². The predicted molar refractivity (Wildman–Crippen MR) is 64.6 cm³/mol. The monoisotopic (exact) mass is 250 g/mol. The fourth-order valence-electron chi connectivity index (χ4n) is 1.63. The molecular weight excluding hydrogens is 232 g/mol. The summed E-state index contributed by atoms with van der Waals surface area (Å²) in [5, 5.41) is 11.1. The Balaban J connectivity index is 1.74. The third kappa shape index (κ3) is 3.63. The van der Waals surface area contributed by atoms with Gasteiger partial charge < -0.3 is 9.84 Å². The first-order chi connectivity index (χ1) is 8.75. The molecule has 0 bridgehead atoms. The standard InChI is InChI=1S/C11H18N6O/c1-9(2)6-17-10(13-7-15-17)5-12-4-3-11-14-8-16-18-11/h7-9,12H,3-6H2,1-2H3. The van der Waals surface area contributed by atoms with Crippen molar-refractivity contribution in [2.75, 3.05) is 6.54 Å². The Morgan fingerprint density at radius 1 is 1.33 bits per heavy atom. The zero-order valence-electron chi connectivity index (χ0n) is 10.7. The molecule has 0 aromatic carbocycles. The SMILES string of the molecule is CC(C)Cn1ncnc1CNCCc1ncno1.